The summed E-state index contributed by atoms with van der Waals surface area (Å²) in [5, 5.41) is 9.66. The molecule has 1 N–H and O–H groups in total. The van der Waals surface area contributed by atoms with Gasteiger partial charge in [0.05, 0.1) is 23.3 Å². The minimum Gasteiger partial charge on any atom is -0.478 e. The molecule has 1 aromatic heterocycles. The number of thioether (sulfide) groups is 1. The summed E-state index contributed by atoms with van der Waals surface area (Å²) in [6, 6.07) is 11.7. The number of aromatic nitrogens is 1. The third-order valence-electron chi connectivity index (χ3n) is 3.46. The van der Waals surface area contributed by atoms with Gasteiger partial charge in [0.15, 0.2) is 0 Å². The van der Waals surface area contributed by atoms with Crippen LogP contribution in [0.15, 0.2) is 47.6 Å². The Hall–Kier alpha value is -1.85. The van der Waals surface area contributed by atoms with Crippen LogP contribution in [0.5, 0.6) is 0 Å². The van der Waals surface area contributed by atoms with Gasteiger partial charge in [0.2, 0.25) is 0 Å². The number of nitrogens with zero attached hydrogens (tertiary/aromatic N) is 1. The maximum absolute atomic E-state index is 10.8. The number of fused-ring (bicyclic) bond motifs is 1. The van der Waals surface area contributed by atoms with Gasteiger partial charge >= 0.3 is 5.97 Å². The van der Waals surface area contributed by atoms with Crippen molar-refractivity contribution in [1.82, 2.24) is 4.98 Å². The fourth-order valence-electron chi connectivity index (χ4n) is 2.37. The topological polar surface area (TPSA) is 59.4 Å². The molecule has 0 radical (unpaired) electrons. The Morgan fingerprint density at radius 3 is 2.95 bits per heavy atom. The Labute approximate surface area is 127 Å². The summed E-state index contributed by atoms with van der Waals surface area (Å²) in [5.74, 6) is -0.181. The number of carboxylic acids is 1. The van der Waals surface area contributed by atoms with Gasteiger partial charge in [-0.2, -0.15) is 0 Å². The molecule has 0 saturated heterocycles. The molecule has 3 rings (SSSR count). The van der Waals surface area contributed by atoms with Gasteiger partial charge in [-0.05, 0) is 29.7 Å². The van der Waals surface area contributed by atoms with Gasteiger partial charge in [-0.3, -0.25) is 0 Å². The van der Waals surface area contributed by atoms with E-state index in [1.165, 1.54) is 17.3 Å². The normalized spacial score (nSPS) is 17.2. The van der Waals surface area contributed by atoms with Gasteiger partial charge in [-0.1, -0.05) is 24.3 Å². The highest BCUT2D eigenvalue weighted by molar-refractivity contribution is 7.99. The number of carboxylic acid groups (broad SMARTS) is 1. The average molecular weight is 301 g/mol. The lowest BCUT2D eigenvalue weighted by Crippen LogP contribution is -2.17. The van der Waals surface area contributed by atoms with E-state index in [2.05, 4.69) is 23.2 Å². The summed E-state index contributed by atoms with van der Waals surface area (Å²) < 4.78 is 5.85. The SMILES string of the molecule is O=C(O)c1ccc(SCC2OCCc3ccccc32)nc1. The zero-order valence-corrected chi connectivity index (χ0v) is 12.2. The molecule has 2 aromatic rings. The molecule has 0 amide bonds. The quantitative estimate of drug-likeness (QED) is 0.879. The molecule has 1 aliphatic heterocycles. The molecule has 2 heterocycles. The third kappa shape index (κ3) is 3.25. The number of pyridine rings is 1. The van der Waals surface area contributed by atoms with Crippen LogP contribution in [0.25, 0.3) is 0 Å². The molecular weight excluding hydrogens is 286 g/mol. The minimum absolute atomic E-state index is 0.0703. The zero-order valence-electron chi connectivity index (χ0n) is 11.4. The van der Waals surface area contributed by atoms with Crippen LogP contribution in [-0.4, -0.2) is 28.4 Å². The number of ether oxygens (including phenoxy) is 1. The van der Waals surface area contributed by atoms with Crippen LogP contribution in [-0.2, 0) is 11.2 Å². The highest BCUT2D eigenvalue weighted by Crippen LogP contribution is 2.31. The summed E-state index contributed by atoms with van der Waals surface area (Å²) in [4.78, 5) is 15.0. The highest BCUT2D eigenvalue weighted by Gasteiger charge is 2.20. The maximum Gasteiger partial charge on any atom is 0.337 e. The summed E-state index contributed by atoms with van der Waals surface area (Å²) >= 11 is 1.58. The van der Waals surface area contributed by atoms with E-state index in [1.807, 2.05) is 6.07 Å². The first-order valence-electron chi connectivity index (χ1n) is 6.75. The monoisotopic (exact) mass is 301 g/mol. The van der Waals surface area contributed by atoms with Crippen LogP contribution in [0.4, 0.5) is 0 Å². The van der Waals surface area contributed by atoms with Crippen molar-refractivity contribution in [2.24, 2.45) is 0 Å². The molecule has 1 aliphatic rings. The van der Waals surface area contributed by atoms with Crippen molar-refractivity contribution in [2.75, 3.05) is 12.4 Å². The van der Waals surface area contributed by atoms with E-state index in [9.17, 15) is 4.79 Å². The van der Waals surface area contributed by atoms with Gasteiger partial charge in [0.1, 0.15) is 0 Å². The molecule has 0 aliphatic carbocycles. The van der Waals surface area contributed by atoms with Gasteiger partial charge in [-0.15, -0.1) is 11.8 Å². The van der Waals surface area contributed by atoms with Crippen molar-refractivity contribution in [2.45, 2.75) is 17.6 Å². The number of aromatic carboxylic acids is 1. The molecule has 0 bridgehead atoms. The third-order valence-corrected chi connectivity index (χ3v) is 4.46. The van der Waals surface area contributed by atoms with Crippen LogP contribution in [0.2, 0.25) is 0 Å². The molecule has 1 aromatic carbocycles. The Balaban J connectivity index is 1.67. The minimum atomic E-state index is -0.955. The molecule has 21 heavy (non-hydrogen) atoms. The second-order valence-electron chi connectivity index (χ2n) is 4.81. The molecule has 0 saturated carbocycles. The van der Waals surface area contributed by atoms with Crippen molar-refractivity contribution < 1.29 is 14.6 Å². The molecule has 4 nitrogen and oxygen atoms in total. The fraction of sp³-hybridized carbons (Fsp3) is 0.250. The second-order valence-corrected chi connectivity index (χ2v) is 5.85. The zero-order chi connectivity index (χ0) is 14.7. The molecule has 1 atom stereocenters. The van der Waals surface area contributed by atoms with Gasteiger partial charge in [0.25, 0.3) is 0 Å². The van der Waals surface area contributed by atoms with Crippen molar-refractivity contribution in [1.29, 1.82) is 0 Å². The number of hydrogen-bond acceptors (Lipinski definition) is 4. The van der Waals surface area contributed by atoms with Crippen LogP contribution in [0, 0.1) is 0 Å². The van der Waals surface area contributed by atoms with Crippen molar-refractivity contribution in [3.8, 4) is 0 Å². The van der Waals surface area contributed by atoms with E-state index in [0.29, 0.717) is 0 Å². The maximum atomic E-state index is 10.8. The summed E-state index contributed by atoms with van der Waals surface area (Å²) in [6.45, 7) is 0.744. The molecular formula is C16H15NO3S. The Morgan fingerprint density at radius 1 is 1.33 bits per heavy atom. The fourth-order valence-corrected chi connectivity index (χ4v) is 3.26. The lowest BCUT2D eigenvalue weighted by atomic mass is 9.99. The number of carbonyl (C=O) groups is 1. The predicted octanol–water partition coefficient (Wildman–Crippen LogP) is 3.19. The van der Waals surface area contributed by atoms with E-state index in [0.717, 1.165) is 23.8 Å². The van der Waals surface area contributed by atoms with E-state index in [1.54, 1.807) is 23.9 Å². The Morgan fingerprint density at radius 2 is 2.19 bits per heavy atom. The predicted molar refractivity (Wildman–Crippen MR) is 80.8 cm³/mol. The number of benzene rings is 1. The number of rotatable bonds is 4. The number of hydrogen-bond donors (Lipinski definition) is 1. The first kappa shape index (κ1) is 14.1. The first-order valence-corrected chi connectivity index (χ1v) is 7.74. The standard InChI is InChI=1S/C16H15NO3S/c18-16(19)12-5-6-15(17-9-12)21-10-14-13-4-2-1-3-11(13)7-8-20-14/h1-6,9,14H,7-8,10H2,(H,18,19). The Kier molecular flexibility index (Phi) is 4.22. The molecule has 5 heteroatoms. The lowest BCUT2D eigenvalue weighted by Gasteiger charge is -2.25. The van der Waals surface area contributed by atoms with E-state index in [4.69, 9.17) is 9.84 Å². The van der Waals surface area contributed by atoms with Crippen LogP contribution < -0.4 is 0 Å². The summed E-state index contributed by atoms with van der Waals surface area (Å²) in [6.07, 6.45) is 2.42. The summed E-state index contributed by atoms with van der Waals surface area (Å²) in [5.41, 5.74) is 2.81. The van der Waals surface area contributed by atoms with Crippen molar-refractivity contribution in [3.05, 3.63) is 59.3 Å². The summed E-state index contributed by atoms with van der Waals surface area (Å²) in [7, 11) is 0. The van der Waals surface area contributed by atoms with E-state index in [-0.39, 0.29) is 11.7 Å². The second kappa shape index (κ2) is 6.28. The van der Waals surface area contributed by atoms with Crippen molar-refractivity contribution in [3.63, 3.8) is 0 Å². The molecule has 108 valence electrons. The van der Waals surface area contributed by atoms with Gasteiger partial charge in [-0.25, -0.2) is 9.78 Å². The average Bonchev–Trinajstić information content (AvgIpc) is 2.53. The van der Waals surface area contributed by atoms with Crippen LogP contribution >= 0.6 is 11.8 Å². The van der Waals surface area contributed by atoms with Crippen LogP contribution in [0.1, 0.15) is 27.6 Å². The van der Waals surface area contributed by atoms with Crippen molar-refractivity contribution >= 4 is 17.7 Å². The van der Waals surface area contributed by atoms with Crippen LogP contribution in [0.3, 0.4) is 0 Å². The smallest absolute Gasteiger partial charge is 0.337 e. The lowest BCUT2D eigenvalue weighted by molar-refractivity contribution is 0.0587. The van der Waals surface area contributed by atoms with E-state index < -0.39 is 5.97 Å². The molecule has 0 spiro atoms. The van der Waals surface area contributed by atoms with E-state index >= 15 is 0 Å². The first-order chi connectivity index (χ1) is 10.2. The Bertz CT molecular complexity index is 642. The van der Waals surface area contributed by atoms with Gasteiger partial charge < -0.3 is 9.84 Å². The molecule has 0 fully saturated rings. The molecule has 1 unspecified atom stereocenters. The highest BCUT2D eigenvalue weighted by atomic mass is 32.2. The van der Waals surface area contributed by atoms with Gasteiger partial charge in [0, 0.05) is 11.9 Å². The largest absolute Gasteiger partial charge is 0.478 e.